The van der Waals surface area contributed by atoms with Crippen LogP contribution in [0.5, 0.6) is 0 Å². The average Bonchev–Trinajstić information content (AvgIpc) is 3.53. The first-order valence-corrected chi connectivity index (χ1v) is 24.0. The lowest BCUT2D eigenvalue weighted by molar-refractivity contribution is -0.151. The van der Waals surface area contributed by atoms with E-state index in [0.717, 1.165) is 42.9 Å². The minimum Gasteiger partial charge on any atom is -0.297 e. The fraction of sp³-hybridized carbons (Fsp3) is 0.732. The summed E-state index contributed by atoms with van der Waals surface area (Å²) < 4.78 is 0. The van der Waals surface area contributed by atoms with Crippen molar-refractivity contribution in [1.29, 1.82) is 0 Å². The summed E-state index contributed by atoms with van der Waals surface area (Å²) >= 11 is 0. The Hall–Kier alpha value is -2.09. The summed E-state index contributed by atoms with van der Waals surface area (Å²) in [5, 5.41) is 0. The van der Waals surface area contributed by atoms with Gasteiger partial charge in [0.05, 0.1) is 6.04 Å². The van der Waals surface area contributed by atoms with Crippen molar-refractivity contribution >= 4 is 14.0 Å². The molecule has 1 aromatic rings. The lowest BCUT2D eigenvalue weighted by atomic mass is 9.38. The zero-order valence-electron chi connectivity index (χ0n) is 40.3. The van der Waals surface area contributed by atoms with E-state index >= 15 is 0 Å². The van der Waals surface area contributed by atoms with Gasteiger partial charge in [-0.3, -0.25) is 4.99 Å². The number of benzene rings is 1. The molecule has 1 nitrogen and oxygen atoms in total. The molecule has 0 spiro atoms. The first-order valence-electron chi connectivity index (χ1n) is 24.0. The van der Waals surface area contributed by atoms with Crippen LogP contribution in [0.4, 0.5) is 0 Å². The third-order valence-electron chi connectivity index (χ3n) is 16.0. The third-order valence-corrected chi connectivity index (χ3v) is 16.0. The van der Waals surface area contributed by atoms with Crippen molar-refractivity contribution in [3.8, 4) is 0 Å². The smallest absolute Gasteiger partial charge is 0.105 e. The van der Waals surface area contributed by atoms with Gasteiger partial charge < -0.3 is 0 Å². The Morgan fingerprint density at radius 3 is 2.12 bits per heavy atom. The van der Waals surface area contributed by atoms with Gasteiger partial charge in [-0.25, -0.2) is 0 Å². The van der Waals surface area contributed by atoms with E-state index < -0.39 is 0 Å². The minimum absolute atomic E-state index is 0. The molecule has 9 unspecified atom stereocenters. The van der Waals surface area contributed by atoms with Gasteiger partial charge in [0.25, 0.3) is 0 Å². The van der Waals surface area contributed by atoms with Gasteiger partial charge in [-0.05, 0) is 147 Å². The van der Waals surface area contributed by atoms with Crippen molar-refractivity contribution in [3.05, 3.63) is 84.5 Å². The summed E-state index contributed by atoms with van der Waals surface area (Å²) in [6.45, 7) is 49.5. The lowest BCUT2D eigenvalue weighted by Crippen LogP contribution is -2.59. The van der Waals surface area contributed by atoms with Crippen LogP contribution in [0.1, 0.15) is 185 Å². The van der Waals surface area contributed by atoms with Crippen LogP contribution < -0.4 is 0 Å². The van der Waals surface area contributed by atoms with Crippen LogP contribution in [-0.4, -0.2) is 20.0 Å². The summed E-state index contributed by atoms with van der Waals surface area (Å²) in [5.41, 5.74) is 8.90. The number of hydrogen-bond donors (Lipinski definition) is 0. The first-order chi connectivity index (χ1) is 27.2. The van der Waals surface area contributed by atoms with E-state index in [1.54, 1.807) is 5.57 Å². The van der Waals surface area contributed by atoms with Crippen LogP contribution in [0.2, 0.25) is 13.1 Å². The molecular formula is C56H97BN. The van der Waals surface area contributed by atoms with E-state index in [-0.39, 0.29) is 24.3 Å². The number of rotatable bonds is 17. The molecule has 0 N–H and O–H groups in total. The van der Waals surface area contributed by atoms with Gasteiger partial charge >= 0.3 is 0 Å². The molecule has 9 atom stereocenters. The van der Waals surface area contributed by atoms with E-state index in [1.807, 2.05) is 33.3 Å². The predicted molar refractivity (Wildman–Crippen MR) is 267 cm³/mol. The van der Waals surface area contributed by atoms with E-state index in [2.05, 4.69) is 126 Å². The summed E-state index contributed by atoms with van der Waals surface area (Å²) in [6.07, 6.45) is 22.9. The maximum absolute atomic E-state index is 5.06. The van der Waals surface area contributed by atoms with E-state index in [4.69, 9.17) is 11.6 Å². The molecule has 329 valence electrons. The maximum atomic E-state index is 5.06. The highest BCUT2D eigenvalue weighted by molar-refractivity contribution is 6.33. The molecule has 1 aromatic carbocycles. The summed E-state index contributed by atoms with van der Waals surface area (Å²) in [4.78, 5) is 5.06. The highest BCUT2D eigenvalue weighted by Crippen LogP contribution is 2.72. The Bertz CT molecular complexity index is 1410. The van der Waals surface area contributed by atoms with Gasteiger partial charge in [-0.1, -0.05) is 176 Å². The quantitative estimate of drug-likeness (QED) is 0.0645. The van der Waals surface area contributed by atoms with Crippen molar-refractivity contribution < 1.29 is 0 Å². The van der Waals surface area contributed by atoms with Crippen LogP contribution >= 0.6 is 0 Å². The van der Waals surface area contributed by atoms with Crippen molar-refractivity contribution in [2.45, 2.75) is 206 Å². The van der Waals surface area contributed by atoms with Gasteiger partial charge in [0.15, 0.2) is 0 Å². The molecule has 0 amide bonds. The molecule has 1 radical (unpaired) electrons. The van der Waals surface area contributed by atoms with Gasteiger partial charge in [-0.15, -0.1) is 19.7 Å². The van der Waals surface area contributed by atoms with E-state index in [1.165, 1.54) is 100 Å². The van der Waals surface area contributed by atoms with Gasteiger partial charge in [0.2, 0.25) is 0 Å². The Balaban J connectivity index is 0.00000229. The highest BCUT2D eigenvalue weighted by Gasteiger charge is 2.64. The third kappa shape index (κ3) is 11.6. The number of aliphatic imine (C=N–C) groups is 1. The predicted octanol–water partition coefficient (Wildman–Crippen LogP) is 17.6. The summed E-state index contributed by atoms with van der Waals surface area (Å²) in [7, 11) is 2.46. The number of allylic oxidation sites excluding steroid dienone is 3. The molecule has 2 heteroatoms. The van der Waals surface area contributed by atoms with Crippen LogP contribution in [-0.2, 0) is 6.42 Å². The molecular weight excluding hydrogens is 697 g/mol. The highest BCUT2D eigenvalue weighted by atomic mass is 14.8. The molecule has 4 aliphatic rings. The molecule has 0 aliphatic heterocycles. The summed E-state index contributed by atoms with van der Waals surface area (Å²) in [6, 6.07) is 9.45. The molecule has 0 aromatic heterocycles. The molecule has 3 saturated carbocycles. The SMILES string of the molecule is C.C=C.C=CC(C)(C)CCCCC(C)C1CCC2(C)C3CCC4(C(CCCc5ccc(C)cc5)N=C)CC(=C)C(C(C)C)=C4C3CCC2C1(C)CC[B]C.CC.CC. The summed E-state index contributed by atoms with van der Waals surface area (Å²) in [5.74, 6) is 4.43. The van der Waals surface area contributed by atoms with Crippen molar-refractivity contribution in [2.24, 2.45) is 62.2 Å². The van der Waals surface area contributed by atoms with Crippen LogP contribution in [0, 0.1) is 64.1 Å². The second kappa shape index (κ2) is 24.4. The number of nitrogens with zero attached hydrogens (tertiary/aromatic N) is 1. The van der Waals surface area contributed by atoms with Gasteiger partial charge in [-0.2, -0.15) is 0 Å². The Morgan fingerprint density at radius 1 is 0.914 bits per heavy atom. The average molecular weight is 795 g/mol. The number of unbranched alkanes of at least 4 members (excludes halogenated alkanes) is 1. The zero-order valence-corrected chi connectivity index (χ0v) is 40.3. The first kappa shape index (κ1) is 53.9. The van der Waals surface area contributed by atoms with Crippen molar-refractivity contribution in [3.63, 3.8) is 0 Å². The number of fused-ring (bicyclic) bond motifs is 5. The van der Waals surface area contributed by atoms with Gasteiger partial charge in [0, 0.05) is 5.41 Å². The second-order valence-electron chi connectivity index (χ2n) is 19.9. The Labute approximate surface area is 365 Å². The van der Waals surface area contributed by atoms with Crippen molar-refractivity contribution in [1.82, 2.24) is 0 Å². The molecule has 0 saturated heterocycles. The molecule has 5 rings (SSSR count). The number of aryl methyl sites for hydroxylation is 2. The molecule has 3 fully saturated rings. The fourth-order valence-corrected chi connectivity index (χ4v) is 13.3. The second-order valence-corrected chi connectivity index (χ2v) is 19.9. The maximum Gasteiger partial charge on any atom is 0.105 e. The normalized spacial score (nSPS) is 29.6. The van der Waals surface area contributed by atoms with Crippen LogP contribution in [0.15, 0.2) is 78.4 Å². The molecule has 58 heavy (non-hydrogen) atoms. The van der Waals surface area contributed by atoms with E-state index in [9.17, 15) is 0 Å². The monoisotopic (exact) mass is 795 g/mol. The number of hydrogen-bond acceptors (Lipinski definition) is 1. The largest absolute Gasteiger partial charge is 0.297 e. The standard InChI is InChI=1S/C49H77BN.2C2H6.C2H4.CH4/c1-13-46(7,8)28-15-14-17-36(5)40-26-29-47(9)41-27-30-49(43(51-12)19-16-18-38-22-20-35(4)21-23-38)33-37(6)44(34(2)3)45(49)39(41)24-25-42(47)48(40,10)31-32-50-11;3*1-2;/h13,20-23,34,36,39-43H,1,6,12,14-19,24-33H2,2-5,7-11H3;2*1-2H3;1-2H2;1H4. The van der Waals surface area contributed by atoms with E-state index in [0.29, 0.717) is 22.7 Å². The fourth-order valence-electron chi connectivity index (χ4n) is 13.3. The molecule has 4 aliphatic carbocycles. The molecule has 0 heterocycles. The lowest BCUT2D eigenvalue weighted by Gasteiger charge is -2.66. The minimum atomic E-state index is 0. The van der Waals surface area contributed by atoms with Crippen LogP contribution in [0.25, 0.3) is 0 Å². The Kier molecular flexibility index (Phi) is 22.7. The topological polar surface area (TPSA) is 12.4 Å². The van der Waals surface area contributed by atoms with Crippen LogP contribution in [0.3, 0.4) is 0 Å². The van der Waals surface area contributed by atoms with Gasteiger partial charge in [0.1, 0.15) is 7.28 Å². The molecule has 0 bridgehead atoms. The van der Waals surface area contributed by atoms with Crippen molar-refractivity contribution in [2.75, 3.05) is 0 Å². The zero-order chi connectivity index (χ0) is 43.2. The Morgan fingerprint density at radius 2 is 1.55 bits per heavy atom.